The molecule has 0 radical (unpaired) electrons. The summed E-state index contributed by atoms with van der Waals surface area (Å²) in [5, 5.41) is 6.69. The highest BCUT2D eigenvalue weighted by Crippen LogP contribution is 2.34. The number of aliphatic imine (C=N–C) groups is 1. The van der Waals surface area contributed by atoms with Crippen LogP contribution in [0.4, 0.5) is 10.1 Å². The molecule has 7 nitrogen and oxygen atoms in total. The Morgan fingerprint density at radius 3 is 2.53 bits per heavy atom. The van der Waals surface area contributed by atoms with Gasteiger partial charge in [0.25, 0.3) is 0 Å². The Labute approximate surface area is 194 Å². The third-order valence-electron chi connectivity index (χ3n) is 6.11. The lowest BCUT2D eigenvalue weighted by molar-refractivity contribution is -0.131. The zero-order valence-corrected chi connectivity index (χ0v) is 19.7. The van der Waals surface area contributed by atoms with E-state index in [1.807, 2.05) is 4.90 Å². The number of guanidine groups is 1. The molecule has 3 aliphatic rings. The number of amides is 1. The van der Waals surface area contributed by atoms with E-state index in [4.69, 9.17) is 4.74 Å². The summed E-state index contributed by atoms with van der Waals surface area (Å²) in [5.74, 6) is 0.655. The van der Waals surface area contributed by atoms with E-state index < -0.39 is 0 Å². The topological polar surface area (TPSA) is 69.2 Å². The van der Waals surface area contributed by atoms with Crippen LogP contribution in [0.3, 0.4) is 0 Å². The first-order valence-electron chi connectivity index (χ1n) is 10.5. The van der Waals surface area contributed by atoms with E-state index >= 15 is 0 Å². The van der Waals surface area contributed by atoms with Gasteiger partial charge in [0, 0.05) is 51.9 Å². The molecule has 1 aromatic carbocycles. The van der Waals surface area contributed by atoms with Gasteiger partial charge < -0.3 is 25.2 Å². The minimum absolute atomic E-state index is 0. The van der Waals surface area contributed by atoms with Gasteiger partial charge in [-0.15, -0.1) is 24.0 Å². The molecule has 30 heavy (non-hydrogen) atoms. The molecule has 2 N–H and O–H groups in total. The van der Waals surface area contributed by atoms with Crippen molar-refractivity contribution in [2.75, 3.05) is 44.7 Å². The quantitative estimate of drug-likeness (QED) is 0.346. The van der Waals surface area contributed by atoms with Crippen molar-refractivity contribution in [3.05, 3.63) is 30.1 Å². The Morgan fingerprint density at radius 1 is 1.20 bits per heavy atom. The predicted molar refractivity (Wildman–Crippen MR) is 126 cm³/mol. The molecule has 1 amide bonds. The number of fused-ring (bicyclic) bond motifs is 2. The minimum atomic E-state index is -0.229. The highest BCUT2D eigenvalue weighted by Gasteiger charge is 2.41. The van der Waals surface area contributed by atoms with Crippen LogP contribution in [-0.4, -0.2) is 74.8 Å². The summed E-state index contributed by atoms with van der Waals surface area (Å²) >= 11 is 0. The van der Waals surface area contributed by atoms with Crippen LogP contribution in [0.5, 0.6) is 0 Å². The minimum Gasteiger partial charge on any atom is -0.373 e. The largest absolute Gasteiger partial charge is 0.373 e. The number of carbonyl (C=O) groups is 1. The number of hydrogen-bond acceptors (Lipinski definition) is 4. The second-order valence-corrected chi connectivity index (χ2v) is 7.95. The van der Waals surface area contributed by atoms with Gasteiger partial charge in [-0.1, -0.05) is 0 Å². The molecule has 4 rings (SSSR count). The second-order valence-electron chi connectivity index (χ2n) is 7.95. The normalized spacial score (nSPS) is 25.8. The third-order valence-corrected chi connectivity index (χ3v) is 6.11. The number of benzene rings is 1. The summed E-state index contributed by atoms with van der Waals surface area (Å²) in [6.07, 6.45) is 4.43. The van der Waals surface area contributed by atoms with E-state index in [9.17, 15) is 9.18 Å². The summed E-state index contributed by atoms with van der Waals surface area (Å²) in [6.45, 7) is 3.45. The summed E-state index contributed by atoms with van der Waals surface area (Å²) in [6, 6.07) is 6.84. The zero-order valence-electron chi connectivity index (χ0n) is 17.3. The smallest absolute Gasteiger partial charge is 0.224 e. The molecule has 3 fully saturated rings. The molecule has 166 valence electrons. The van der Waals surface area contributed by atoms with Gasteiger partial charge in [-0.05, 0) is 43.5 Å². The highest BCUT2D eigenvalue weighted by atomic mass is 127. The third kappa shape index (κ3) is 5.54. The number of halogens is 2. The molecule has 0 saturated carbocycles. The molecule has 0 aromatic heterocycles. The van der Waals surface area contributed by atoms with Crippen molar-refractivity contribution >= 4 is 41.5 Å². The summed E-state index contributed by atoms with van der Waals surface area (Å²) in [7, 11) is 1.75. The molecule has 9 heteroatoms. The van der Waals surface area contributed by atoms with Crippen molar-refractivity contribution in [3.8, 4) is 0 Å². The number of rotatable bonds is 5. The van der Waals surface area contributed by atoms with Gasteiger partial charge in [-0.3, -0.25) is 9.79 Å². The maximum atomic E-state index is 13.1. The van der Waals surface area contributed by atoms with E-state index in [1.54, 1.807) is 19.2 Å². The number of carbonyl (C=O) groups excluding carboxylic acids is 1. The molecule has 3 aliphatic heterocycles. The Kier molecular flexibility index (Phi) is 8.15. The van der Waals surface area contributed by atoms with Crippen molar-refractivity contribution in [1.82, 2.24) is 15.5 Å². The van der Waals surface area contributed by atoms with Crippen molar-refractivity contribution in [1.29, 1.82) is 0 Å². The van der Waals surface area contributed by atoms with Gasteiger partial charge >= 0.3 is 0 Å². The van der Waals surface area contributed by atoms with E-state index in [-0.39, 0.29) is 41.8 Å². The Hall–Kier alpha value is -1.62. The average molecular weight is 531 g/mol. The fraction of sp³-hybridized carbons (Fsp3) is 0.619. The molecule has 1 aromatic rings. The van der Waals surface area contributed by atoms with Gasteiger partial charge in [-0.2, -0.15) is 0 Å². The number of piperazine rings is 1. The van der Waals surface area contributed by atoms with Crippen molar-refractivity contribution in [3.63, 3.8) is 0 Å². The summed E-state index contributed by atoms with van der Waals surface area (Å²) in [5.41, 5.74) is 1.000. The van der Waals surface area contributed by atoms with Crippen LogP contribution in [0.1, 0.15) is 25.7 Å². The summed E-state index contributed by atoms with van der Waals surface area (Å²) < 4.78 is 18.9. The molecule has 2 bridgehead atoms. The first kappa shape index (κ1) is 23.1. The second kappa shape index (κ2) is 10.6. The van der Waals surface area contributed by atoms with E-state index in [0.29, 0.717) is 38.2 Å². The number of nitrogens with zero attached hydrogens (tertiary/aromatic N) is 3. The average Bonchev–Trinajstić information content (AvgIpc) is 3.37. The van der Waals surface area contributed by atoms with Crippen LogP contribution in [0.2, 0.25) is 0 Å². The molecule has 0 spiro atoms. The van der Waals surface area contributed by atoms with Gasteiger partial charge in [-0.25, -0.2) is 4.39 Å². The highest BCUT2D eigenvalue weighted by molar-refractivity contribution is 14.0. The van der Waals surface area contributed by atoms with Crippen LogP contribution < -0.4 is 15.5 Å². The standard InChI is InChI=1S/C21H30FN5O2.HI/c1-23-21(25-18-14-17-6-7-19(18)29-17)24-9-8-20(28)27-12-10-26(11-13-27)16-4-2-15(22)3-5-16;/h2-5,17-19H,6-14H2,1H3,(H2,23,24,25);1H. The molecular weight excluding hydrogens is 500 g/mol. The lowest BCUT2D eigenvalue weighted by atomic mass is 9.96. The number of nitrogens with one attached hydrogen (secondary N) is 2. The van der Waals surface area contributed by atoms with E-state index in [1.165, 1.54) is 12.1 Å². The molecule has 3 saturated heterocycles. The molecule has 3 unspecified atom stereocenters. The number of hydrogen-bond donors (Lipinski definition) is 2. The van der Waals surface area contributed by atoms with Crippen molar-refractivity contribution in [2.45, 2.75) is 43.9 Å². The van der Waals surface area contributed by atoms with Gasteiger partial charge in [0.05, 0.1) is 18.2 Å². The maximum Gasteiger partial charge on any atom is 0.224 e. The van der Waals surface area contributed by atoms with Crippen molar-refractivity contribution in [2.24, 2.45) is 4.99 Å². The van der Waals surface area contributed by atoms with E-state index in [2.05, 4.69) is 20.5 Å². The number of anilines is 1. The Balaban J connectivity index is 0.00000256. The van der Waals surface area contributed by atoms with Gasteiger partial charge in [0.1, 0.15) is 5.82 Å². The first-order chi connectivity index (χ1) is 14.1. The monoisotopic (exact) mass is 531 g/mol. The Bertz CT molecular complexity index is 739. The van der Waals surface area contributed by atoms with Gasteiger partial charge in [0.2, 0.25) is 5.91 Å². The Morgan fingerprint density at radius 2 is 1.93 bits per heavy atom. The summed E-state index contributed by atoms with van der Waals surface area (Å²) in [4.78, 5) is 20.9. The molecule has 3 atom stereocenters. The lowest BCUT2D eigenvalue weighted by Gasteiger charge is -2.36. The molecule has 3 heterocycles. The van der Waals surface area contributed by atoms with Crippen LogP contribution in [-0.2, 0) is 9.53 Å². The van der Waals surface area contributed by atoms with Crippen LogP contribution >= 0.6 is 24.0 Å². The van der Waals surface area contributed by atoms with Gasteiger partial charge in [0.15, 0.2) is 5.96 Å². The lowest BCUT2D eigenvalue weighted by Crippen LogP contribution is -2.50. The van der Waals surface area contributed by atoms with Crippen LogP contribution in [0.25, 0.3) is 0 Å². The first-order valence-corrected chi connectivity index (χ1v) is 10.5. The maximum absolute atomic E-state index is 13.1. The molecule has 0 aliphatic carbocycles. The van der Waals surface area contributed by atoms with E-state index in [0.717, 1.165) is 44.0 Å². The SMILES string of the molecule is CN=C(NCCC(=O)N1CCN(c2ccc(F)cc2)CC1)NC1CC2CCC1O2.I. The fourth-order valence-corrected chi connectivity index (χ4v) is 4.47. The van der Waals surface area contributed by atoms with Crippen molar-refractivity contribution < 1.29 is 13.9 Å². The molecular formula is C21H31FIN5O2. The van der Waals surface area contributed by atoms with Crippen LogP contribution in [0, 0.1) is 5.82 Å². The predicted octanol–water partition coefficient (Wildman–Crippen LogP) is 1.97. The zero-order chi connectivity index (χ0) is 20.2. The fourth-order valence-electron chi connectivity index (χ4n) is 4.47. The van der Waals surface area contributed by atoms with Crippen LogP contribution in [0.15, 0.2) is 29.3 Å². The number of ether oxygens (including phenoxy) is 1.